The standard InChI is InChI=1S/C18H21N3O3S/c19-17-11-21(10-16(17)14-6-2-1-3-7-14)18(22)15-8-4-5-13(9-15)12-25(20,23)24/h1-9,16-17H,10-12,19H2,(H2,20,23,24)/t16-,17+/m0/s1. The predicted octanol–water partition coefficient (Wildman–Crippen LogP) is 1.04. The van der Waals surface area contributed by atoms with E-state index < -0.39 is 10.0 Å². The lowest BCUT2D eigenvalue weighted by atomic mass is 9.95. The molecule has 132 valence electrons. The molecular formula is C18H21N3O3S. The van der Waals surface area contributed by atoms with Gasteiger partial charge in [-0.05, 0) is 23.3 Å². The van der Waals surface area contributed by atoms with Crippen LogP contribution in [0.4, 0.5) is 0 Å². The van der Waals surface area contributed by atoms with E-state index in [4.69, 9.17) is 10.9 Å². The Morgan fingerprint density at radius 2 is 1.80 bits per heavy atom. The van der Waals surface area contributed by atoms with Crippen molar-refractivity contribution in [3.8, 4) is 0 Å². The van der Waals surface area contributed by atoms with Crippen molar-refractivity contribution in [1.82, 2.24) is 4.90 Å². The van der Waals surface area contributed by atoms with Gasteiger partial charge in [0, 0.05) is 30.6 Å². The summed E-state index contributed by atoms with van der Waals surface area (Å²) in [5, 5.41) is 5.08. The van der Waals surface area contributed by atoms with Crippen molar-refractivity contribution in [3.05, 3.63) is 71.3 Å². The minimum atomic E-state index is -3.64. The third-order valence-electron chi connectivity index (χ3n) is 4.42. The number of primary sulfonamides is 1. The summed E-state index contributed by atoms with van der Waals surface area (Å²) in [4.78, 5) is 14.5. The second kappa shape index (κ2) is 6.95. The largest absolute Gasteiger partial charge is 0.336 e. The molecule has 1 aliphatic heterocycles. The fourth-order valence-corrected chi connectivity index (χ4v) is 3.90. The van der Waals surface area contributed by atoms with E-state index >= 15 is 0 Å². The second-order valence-electron chi connectivity index (χ2n) is 6.40. The number of rotatable bonds is 4. The van der Waals surface area contributed by atoms with Crippen LogP contribution < -0.4 is 10.9 Å². The predicted molar refractivity (Wildman–Crippen MR) is 96.3 cm³/mol. The molecule has 1 aliphatic rings. The number of amides is 1. The van der Waals surface area contributed by atoms with Gasteiger partial charge in [-0.25, -0.2) is 13.6 Å². The zero-order valence-electron chi connectivity index (χ0n) is 13.7. The molecule has 0 saturated carbocycles. The topological polar surface area (TPSA) is 106 Å². The highest BCUT2D eigenvalue weighted by Gasteiger charge is 2.34. The van der Waals surface area contributed by atoms with Gasteiger partial charge in [0.15, 0.2) is 0 Å². The van der Waals surface area contributed by atoms with E-state index in [2.05, 4.69) is 0 Å². The normalized spacial score (nSPS) is 20.6. The van der Waals surface area contributed by atoms with Gasteiger partial charge in [0.05, 0.1) is 5.75 Å². The second-order valence-corrected chi connectivity index (χ2v) is 8.01. The SMILES string of the molecule is N[C@@H]1CN(C(=O)c2cccc(CS(N)(=O)=O)c2)C[C@H]1c1ccccc1. The molecule has 7 heteroatoms. The van der Waals surface area contributed by atoms with Crippen LogP contribution in [0.3, 0.4) is 0 Å². The summed E-state index contributed by atoms with van der Waals surface area (Å²) in [5.74, 6) is -0.344. The lowest BCUT2D eigenvalue weighted by Gasteiger charge is -2.17. The van der Waals surface area contributed by atoms with Gasteiger partial charge in [-0.2, -0.15) is 0 Å². The molecule has 0 spiro atoms. The number of benzene rings is 2. The van der Waals surface area contributed by atoms with Gasteiger partial charge in [-0.1, -0.05) is 42.5 Å². The highest BCUT2D eigenvalue weighted by Crippen LogP contribution is 2.27. The van der Waals surface area contributed by atoms with Gasteiger partial charge in [-0.15, -0.1) is 0 Å². The maximum Gasteiger partial charge on any atom is 0.253 e. The third kappa shape index (κ3) is 4.25. The van der Waals surface area contributed by atoms with Crippen LogP contribution in [0, 0.1) is 0 Å². The van der Waals surface area contributed by atoms with Crippen molar-refractivity contribution in [1.29, 1.82) is 0 Å². The lowest BCUT2D eigenvalue weighted by molar-refractivity contribution is 0.0789. The Labute approximate surface area is 147 Å². The molecule has 0 bridgehead atoms. The molecule has 1 fully saturated rings. The molecule has 2 aromatic rings. The maximum absolute atomic E-state index is 12.8. The van der Waals surface area contributed by atoms with E-state index in [1.165, 1.54) is 0 Å². The fourth-order valence-electron chi connectivity index (χ4n) is 3.26. The molecule has 2 aromatic carbocycles. The van der Waals surface area contributed by atoms with E-state index in [0.717, 1.165) is 5.56 Å². The van der Waals surface area contributed by atoms with Gasteiger partial charge in [0.2, 0.25) is 10.0 Å². The number of likely N-dealkylation sites (tertiary alicyclic amines) is 1. The van der Waals surface area contributed by atoms with E-state index in [1.54, 1.807) is 29.2 Å². The average molecular weight is 359 g/mol. The molecule has 4 N–H and O–H groups in total. The summed E-state index contributed by atoms with van der Waals surface area (Å²) in [7, 11) is -3.64. The van der Waals surface area contributed by atoms with Gasteiger partial charge < -0.3 is 10.6 Å². The van der Waals surface area contributed by atoms with Crippen molar-refractivity contribution in [2.75, 3.05) is 13.1 Å². The number of nitrogens with zero attached hydrogens (tertiary/aromatic N) is 1. The van der Waals surface area contributed by atoms with Crippen molar-refractivity contribution in [3.63, 3.8) is 0 Å². The highest BCUT2D eigenvalue weighted by molar-refractivity contribution is 7.88. The number of hydrogen-bond acceptors (Lipinski definition) is 4. The van der Waals surface area contributed by atoms with Gasteiger partial charge in [-0.3, -0.25) is 4.79 Å². The number of hydrogen-bond donors (Lipinski definition) is 2. The quantitative estimate of drug-likeness (QED) is 0.850. The zero-order valence-corrected chi connectivity index (χ0v) is 14.5. The van der Waals surface area contributed by atoms with Gasteiger partial charge in [0.25, 0.3) is 5.91 Å². The van der Waals surface area contributed by atoms with Crippen molar-refractivity contribution >= 4 is 15.9 Å². The van der Waals surface area contributed by atoms with Crippen LogP contribution in [0.25, 0.3) is 0 Å². The Kier molecular flexibility index (Phi) is 4.89. The van der Waals surface area contributed by atoms with Crippen LogP contribution in [-0.4, -0.2) is 38.4 Å². The maximum atomic E-state index is 12.8. The third-order valence-corrected chi connectivity index (χ3v) is 5.16. The van der Waals surface area contributed by atoms with Crippen molar-refractivity contribution < 1.29 is 13.2 Å². The Bertz CT molecular complexity index is 868. The summed E-state index contributed by atoms with van der Waals surface area (Å²) < 4.78 is 22.5. The number of nitrogens with two attached hydrogens (primary N) is 2. The number of sulfonamides is 1. The number of carbonyl (C=O) groups is 1. The van der Waals surface area contributed by atoms with Crippen LogP contribution in [0.15, 0.2) is 54.6 Å². The zero-order chi connectivity index (χ0) is 18.0. The van der Waals surface area contributed by atoms with E-state index in [-0.39, 0.29) is 23.6 Å². The molecule has 3 rings (SSSR count). The molecule has 6 nitrogen and oxygen atoms in total. The van der Waals surface area contributed by atoms with Crippen LogP contribution in [0.5, 0.6) is 0 Å². The summed E-state index contributed by atoms with van der Waals surface area (Å²) in [5.41, 5.74) is 8.30. The van der Waals surface area contributed by atoms with Gasteiger partial charge >= 0.3 is 0 Å². The summed E-state index contributed by atoms with van der Waals surface area (Å²) in [6.45, 7) is 1.02. The van der Waals surface area contributed by atoms with Crippen LogP contribution in [-0.2, 0) is 15.8 Å². The Balaban J connectivity index is 1.77. The first-order valence-corrected chi connectivity index (χ1v) is 9.74. The van der Waals surface area contributed by atoms with Crippen LogP contribution >= 0.6 is 0 Å². The molecule has 1 amide bonds. The highest BCUT2D eigenvalue weighted by atomic mass is 32.2. The first kappa shape index (κ1) is 17.6. The summed E-state index contributed by atoms with van der Waals surface area (Å²) in [6.07, 6.45) is 0. The molecule has 0 unspecified atom stereocenters. The monoisotopic (exact) mass is 359 g/mol. The molecule has 0 aromatic heterocycles. The van der Waals surface area contributed by atoms with Crippen LogP contribution in [0.1, 0.15) is 27.4 Å². The van der Waals surface area contributed by atoms with E-state index in [0.29, 0.717) is 24.2 Å². The summed E-state index contributed by atoms with van der Waals surface area (Å²) >= 11 is 0. The fraction of sp³-hybridized carbons (Fsp3) is 0.278. The van der Waals surface area contributed by atoms with Crippen molar-refractivity contribution in [2.24, 2.45) is 10.9 Å². The first-order valence-electron chi connectivity index (χ1n) is 8.03. The Morgan fingerprint density at radius 3 is 2.48 bits per heavy atom. The van der Waals surface area contributed by atoms with E-state index in [9.17, 15) is 13.2 Å². The Hall–Kier alpha value is -2.22. The van der Waals surface area contributed by atoms with E-state index in [1.807, 2.05) is 30.3 Å². The van der Waals surface area contributed by atoms with Crippen LogP contribution in [0.2, 0.25) is 0 Å². The molecule has 1 heterocycles. The van der Waals surface area contributed by atoms with Gasteiger partial charge in [0.1, 0.15) is 0 Å². The lowest BCUT2D eigenvalue weighted by Crippen LogP contribution is -2.32. The smallest absolute Gasteiger partial charge is 0.253 e. The molecule has 1 saturated heterocycles. The first-order chi connectivity index (χ1) is 11.8. The average Bonchev–Trinajstić information content (AvgIpc) is 2.95. The summed E-state index contributed by atoms with van der Waals surface area (Å²) in [6, 6.07) is 16.3. The molecule has 0 aliphatic carbocycles. The Morgan fingerprint density at radius 1 is 1.08 bits per heavy atom. The van der Waals surface area contributed by atoms with Crippen molar-refractivity contribution in [2.45, 2.75) is 17.7 Å². The molecule has 25 heavy (non-hydrogen) atoms. The molecule has 2 atom stereocenters. The molecular weight excluding hydrogens is 338 g/mol. The minimum absolute atomic E-state index is 0.0951. The minimum Gasteiger partial charge on any atom is -0.336 e. The number of carbonyl (C=O) groups excluding carboxylic acids is 1. The molecule has 0 radical (unpaired) electrons.